The molecular formula is C9H18ClNO. The van der Waals surface area contributed by atoms with Gasteiger partial charge in [-0.05, 0) is 27.2 Å². The summed E-state index contributed by atoms with van der Waals surface area (Å²) in [5.74, 6) is 0.787. The second kappa shape index (κ2) is 6.30. The van der Waals surface area contributed by atoms with E-state index in [9.17, 15) is 4.79 Å². The van der Waals surface area contributed by atoms with Gasteiger partial charge in [0.05, 0.1) is 0 Å². The van der Waals surface area contributed by atoms with E-state index in [4.69, 9.17) is 11.6 Å². The maximum Gasteiger partial charge on any atom is 0.222 e. The van der Waals surface area contributed by atoms with Crippen molar-refractivity contribution >= 4 is 17.5 Å². The molecule has 0 saturated carbocycles. The summed E-state index contributed by atoms with van der Waals surface area (Å²) in [5.41, 5.74) is 0. The molecule has 0 aromatic heterocycles. The number of amides is 1. The van der Waals surface area contributed by atoms with Crippen LogP contribution in [0.4, 0.5) is 0 Å². The summed E-state index contributed by atoms with van der Waals surface area (Å²) in [6.07, 6.45) is 1.36. The van der Waals surface area contributed by atoms with Crippen LogP contribution < -0.4 is 0 Å². The van der Waals surface area contributed by atoms with Crippen molar-refractivity contribution in [2.24, 2.45) is 0 Å². The molecule has 2 nitrogen and oxygen atoms in total. The third kappa shape index (κ3) is 3.96. The van der Waals surface area contributed by atoms with Gasteiger partial charge in [0.25, 0.3) is 0 Å². The minimum absolute atomic E-state index is 0.216. The van der Waals surface area contributed by atoms with Gasteiger partial charge in [-0.15, -0.1) is 11.6 Å². The van der Waals surface area contributed by atoms with Gasteiger partial charge in [0.15, 0.2) is 0 Å². The molecule has 0 aromatic rings. The molecule has 0 spiro atoms. The molecule has 72 valence electrons. The SMILES string of the molecule is CCN(C(=O)CCCCl)C(C)C. The standard InChI is InChI=1S/C9H18ClNO/c1-4-11(8(2)3)9(12)6-5-7-10/h8H,4-7H2,1-3H3. The van der Waals surface area contributed by atoms with Crippen LogP contribution in [0.15, 0.2) is 0 Å². The van der Waals surface area contributed by atoms with E-state index in [0.717, 1.165) is 13.0 Å². The first kappa shape index (κ1) is 11.8. The highest BCUT2D eigenvalue weighted by molar-refractivity contribution is 6.17. The highest BCUT2D eigenvalue weighted by atomic mass is 35.5. The number of carbonyl (C=O) groups is 1. The van der Waals surface area contributed by atoms with Gasteiger partial charge < -0.3 is 4.90 Å². The zero-order valence-electron chi connectivity index (χ0n) is 8.14. The van der Waals surface area contributed by atoms with Crippen LogP contribution in [0.3, 0.4) is 0 Å². The second-order valence-corrected chi connectivity index (χ2v) is 3.44. The smallest absolute Gasteiger partial charge is 0.222 e. The van der Waals surface area contributed by atoms with Crippen LogP contribution in [0.1, 0.15) is 33.6 Å². The number of alkyl halides is 1. The Kier molecular flexibility index (Phi) is 6.17. The van der Waals surface area contributed by atoms with E-state index in [0.29, 0.717) is 18.3 Å². The van der Waals surface area contributed by atoms with Gasteiger partial charge in [0.1, 0.15) is 0 Å². The van der Waals surface area contributed by atoms with E-state index in [-0.39, 0.29) is 5.91 Å². The predicted molar refractivity (Wildman–Crippen MR) is 52.5 cm³/mol. The fraction of sp³-hybridized carbons (Fsp3) is 0.889. The molecule has 0 N–H and O–H groups in total. The highest BCUT2D eigenvalue weighted by Crippen LogP contribution is 2.03. The van der Waals surface area contributed by atoms with Gasteiger partial charge in [-0.25, -0.2) is 0 Å². The molecule has 0 heterocycles. The van der Waals surface area contributed by atoms with Crippen LogP contribution >= 0.6 is 11.6 Å². The molecule has 0 aromatic carbocycles. The molecule has 0 fully saturated rings. The van der Waals surface area contributed by atoms with Crippen LogP contribution in [0.2, 0.25) is 0 Å². The average molecular weight is 192 g/mol. The highest BCUT2D eigenvalue weighted by Gasteiger charge is 2.13. The molecule has 1 amide bonds. The van der Waals surface area contributed by atoms with Crippen LogP contribution in [0.25, 0.3) is 0 Å². The molecule has 0 rings (SSSR count). The van der Waals surface area contributed by atoms with E-state index in [1.807, 2.05) is 25.7 Å². The van der Waals surface area contributed by atoms with E-state index in [1.165, 1.54) is 0 Å². The first-order valence-electron chi connectivity index (χ1n) is 4.48. The lowest BCUT2D eigenvalue weighted by Crippen LogP contribution is -2.36. The number of rotatable bonds is 5. The zero-order chi connectivity index (χ0) is 9.56. The molecule has 12 heavy (non-hydrogen) atoms. The minimum Gasteiger partial charge on any atom is -0.341 e. The van der Waals surface area contributed by atoms with Gasteiger partial charge >= 0.3 is 0 Å². The number of hydrogen-bond acceptors (Lipinski definition) is 1. The number of nitrogens with zero attached hydrogens (tertiary/aromatic N) is 1. The Bertz CT molecular complexity index is 136. The summed E-state index contributed by atoms with van der Waals surface area (Å²) in [6.45, 7) is 6.85. The van der Waals surface area contributed by atoms with E-state index >= 15 is 0 Å². The second-order valence-electron chi connectivity index (χ2n) is 3.07. The Morgan fingerprint density at radius 3 is 2.42 bits per heavy atom. The van der Waals surface area contributed by atoms with Crippen LogP contribution in [0.5, 0.6) is 0 Å². The summed E-state index contributed by atoms with van der Waals surface area (Å²) >= 11 is 5.50. The topological polar surface area (TPSA) is 20.3 Å². The zero-order valence-corrected chi connectivity index (χ0v) is 8.90. The van der Waals surface area contributed by atoms with Crippen molar-refractivity contribution in [1.29, 1.82) is 0 Å². The third-order valence-corrected chi connectivity index (χ3v) is 2.08. The van der Waals surface area contributed by atoms with Crippen LogP contribution in [-0.4, -0.2) is 29.3 Å². The van der Waals surface area contributed by atoms with E-state index in [1.54, 1.807) is 0 Å². The lowest BCUT2D eigenvalue weighted by atomic mass is 10.2. The van der Waals surface area contributed by atoms with Crippen molar-refractivity contribution < 1.29 is 4.79 Å². The van der Waals surface area contributed by atoms with Gasteiger partial charge in [-0.1, -0.05) is 0 Å². The Balaban J connectivity index is 3.86. The van der Waals surface area contributed by atoms with E-state index in [2.05, 4.69) is 0 Å². The lowest BCUT2D eigenvalue weighted by Gasteiger charge is -2.24. The van der Waals surface area contributed by atoms with Gasteiger partial charge in [0.2, 0.25) is 5.91 Å². The Labute approximate surface area is 79.9 Å². The molecule has 0 radical (unpaired) electrons. The minimum atomic E-state index is 0.216. The monoisotopic (exact) mass is 191 g/mol. The molecular weight excluding hydrogens is 174 g/mol. The molecule has 0 unspecified atom stereocenters. The van der Waals surface area contributed by atoms with Crippen molar-refractivity contribution in [2.75, 3.05) is 12.4 Å². The normalized spacial score (nSPS) is 10.4. The van der Waals surface area contributed by atoms with Crippen molar-refractivity contribution in [2.45, 2.75) is 39.7 Å². The maximum absolute atomic E-state index is 11.4. The van der Waals surface area contributed by atoms with Gasteiger partial charge in [0, 0.05) is 24.9 Å². The van der Waals surface area contributed by atoms with Crippen molar-refractivity contribution in [3.63, 3.8) is 0 Å². The Morgan fingerprint density at radius 1 is 1.50 bits per heavy atom. The summed E-state index contributed by atoms with van der Waals surface area (Å²) in [5, 5.41) is 0. The first-order chi connectivity index (χ1) is 5.63. The maximum atomic E-state index is 11.4. The van der Waals surface area contributed by atoms with Crippen molar-refractivity contribution in [3.8, 4) is 0 Å². The van der Waals surface area contributed by atoms with Crippen molar-refractivity contribution in [1.82, 2.24) is 4.90 Å². The Morgan fingerprint density at radius 2 is 2.08 bits per heavy atom. The van der Waals surface area contributed by atoms with Gasteiger partial charge in [-0.3, -0.25) is 4.79 Å². The molecule has 0 saturated heterocycles. The summed E-state index contributed by atoms with van der Waals surface area (Å²) in [4.78, 5) is 13.3. The lowest BCUT2D eigenvalue weighted by molar-refractivity contribution is -0.132. The quantitative estimate of drug-likeness (QED) is 0.611. The van der Waals surface area contributed by atoms with Gasteiger partial charge in [-0.2, -0.15) is 0 Å². The Hall–Kier alpha value is -0.240. The molecule has 0 aliphatic rings. The fourth-order valence-corrected chi connectivity index (χ4v) is 1.32. The number of carbonyl (C=O) groups excluding carboxylic acids is 1. The summed E-state index contributed by atoms with van der Waals surface area (Å²) in [7, 11) is 0. The molecule has 0 atom stereocenters. The van der Waals surface area contributed by atoms with Crippen molar-refractivity contribution in [3.05, 3.63) is 0 Å². The molecule has 0 aliphatic heterocycles. The predicted octanol–water partition coefficient (Wildman–Crippen LogP) is 2.26. The first-order valence-corrected chi connectivity index (χ1v) is 5.02. The molecule has 0 bridgehead atoms. The third-order valence-electron chi connectivity index (χ3n) is 1.81. The fourth-order valence-electron chi connectivity index (χ4n) is 1.19. The van der Waals surface area contributed by atoms with Crippen LogP contribution in [-0.2, 0) is 4.79 Å². The summed E-state index contributed by atoms with van der Waals surface area (Å²) < 4.78 is 0. The van der Waals surface area contributed by atoms with Crippen LogP contribution in [0, 0.1) is 0 Å². The molecule has 3 heteroatoms. The summed E-state index contributed by atoms with van der Waals surface area (Å²) in [6, 6.07) is 0.304. The van der Waals surface area contributed by atoms with E-state index < -0.39 is 0 Å². The average Bonchev–Trinajstić information content (AvgIpc) is 2.01. The number of hydrogen-bond donors (Lipinski definition) is 0. The molecule has 0 aliphatic carbocycles. The number of halogens is 1. The largest absolute Gasteiger partial charge is 0.341 e.